The first-order valence-electron chi connectivity index (χ1n) is 10.4. The van der Waals surface area contributed by atoms with Gasteiger partial charge in [0.15, 0.2) is 0 Å². The molecule has 5 nitrogen and oxygen atoms in total. The van der Waals surface area contributed by atoms with Crippen molar-refractivity contribution in [3.05, 3.63) is 95.9 Å². The van der Waals surface area contributed by atoms with Gasteiger partial charge in [0.05, 0.1) is 0 Å². The molecule has 4 aromatic rings. The predicted octanol–water partition coefficient (Wildman–Crippen LogP) is 5.76. The average Bonchev–Trinajstić information content (AvgIpc) is 3.26. The summed E-state index contributed by atoms with van der Waals surface area (Å²) >= 11 is 0. The molecule has 0 aliphatic rings. The van der Waals surface area contributed by atoms with Crippen LogP contribution in [-0.2, 0) is 6.54 Å². The van der Waals surface area contributed by atoms with Gasteiger partial charge in [0.2, 0.25) is 11.7 Å². The van der Waals surface area contributed by atoms with Crippen molar-refractivity contribution >= 4 is 5.91 Å². The Hall–Kier alpha value is -3.73. The zero-order valence-electron chi connectivity index (χ0n) is 17.9. The van der Waals surface area contributed by atoms with Gasteiger partial charge in [-0.05, 0) is 44.0 Å². The SMILES string of the molecule is Cc1cccc(-c2noc(CN(C(=O)c3ccccc3-c3ccccc3)C(C)C)n2)c1. The number of rotatable bonds is 6. The summed E-state index contributed by atoms with van der Waals surface area (Å²) in [6.45, 7) is 6.24. The van der Waals surface area contributed by atoms with E-state index in [1.807, 2.05) is 99.6 Å². The Kier molecular flexibility index (Phi) is 5.94. The second kappa shape index (κ2) is 8.96. The van der Waals surface area contributed by atoms with E-state index in [-0.39, 0.29) is 18.5 Å². The van der Waals surface area contributed by atoms with E-state index in [0.29, 0.717) is 17.3 Å². The van der Waals surface area contributed by atoms with Gasteiger partial charge < -0.3 is 9.42 Å². The minimum Gasteiger partial charge on any atom is -0.337 e. The summed E-state index contributed by atoms with van der Waals surface area (Å²) < 4.78 is 5.49. The van der Waals surface area contributed by atoms with E-state index in [9.17, 15) is 4.79 Å². The van der Waals surface area contributed by atoms with Gasteiger partial charge in [-0.1, -0.05) is 77.5 Å². The van der Waals surface area contributed by atoms with Crippen molar-refractivity contribution in [3.63, 3.8) is 0 Å². The van der Waals surface area contributed by atoms with E-state index in [1.165, 1.54) is 0 Å². The zero-order chi connectivity index (χ0) is 21.8. The maximum absolute atomic E-state index is 13.5. The molecule has 1 amide bonds. The fraction of sp³-hybridized carbons (Fsp3) is 0.192. The lowest BCUT2D eigenvalue weighted by molar-refractivity contribution is 0.0668. The molecule has 0 saturated carbocycles. The second-order valence-electron chi connectivity index (χ2n) is 7.82. The molecule has 5 heteroatoms. The van der Waals surface area contributed by atoms with Crippen LogP contribution in [0.15, 0.2) is 83.4 Å². The third kappa shape index (κ3) is 4.56. The van der Waals surface area contributed by atoms with Gasteiger partial charge >= 0.3 is 0 Å². The molecule has 0 saturated heterocycles. The summed E-state index contributed by atoms with van der Waals surface area (Å²) in [6.07, 6.45) is 0. The number of carbonyl (C=O) groups is 1. The highest BCUT2D eigenvalue weighted by Gasteiger charge is 2.24. The highest BCUT2D eigenvalue weighted by molar-refractivity contribution is 6.01. The van der Waals surface area contributed by atoms with E-state index in [0.717, 1.165) is 22.3 Å². The molecule has 0 fully saturated rings. The molecule has 0 atom stereocenters. The van der Waals surface area contributed by atoms with Crippen LogP contribution in [0.25, 0.3) is 22.5 Å². The smallest absolute Gasteiger partial charge is 0.255 e. The molecule has 0 N–H and O–H groups in total. The van der Waals surface area contributed by atoms with Crippen molar-refractivity contribution in [2.75, 3.05) is 0 Å². The van der Waals surface area contributed by atoms with Crippen LogP contribution in [0.1, 0.15) is 35.7 Å². The number of hydrogen-bond acceptors (Lipinski definition) is 4. The van der Waals surface area contributed by atoms with Gasteiger partial charge in [-0.15, -0.1) is 0 Å². The molecule has 3 aromatic carbocycles. The fourth-order valence-corrected chi connectivity index (χ4v) is 3.55. The maximum atomic E-state index is 13.5. The first-order valence-corrected chi connectivity index (χ1v) is 10.4. The average molecular weight is 412 g/mol. The Balaban J connectivity index is 1.62. The molecule has 0 aliphatic heterocycles. The lowest BCUT2D eigenvalue weighted by atomic mass is 9.98. The quantitative estimate of drug-likeness (QED) is 0.405. The van der Waals surface area contributed by atoms with Crippen molar-refractivity contribution in [1.82, 2.24) is 15.0 Å². The van der Waals surface area contributed by atoms with Crippen molar-refractivity contribution < 1.29 is 9.32 Å². The Bertz CT molecular complexity index is 1180. The van der Waals surface area contributed by atoms with Gasteiger partial charge in [0, 0.05) is 17.2 Å². The van der Waals surface area contributed by atoms with Crippen LogP contribution in [0, 0.1) is 6.92 Å². The van der Waals surface area contributed by atoms with Crippen LogP contribution in [-0.4, -0.2) is 27.0 Å². The first kappa shape index (κ1) is 20.5. The minimum atomic E-state index is -0.0650. The molecule has 156 valence electrons. The number of carbonyl (C=O) groups excluding carboxylic acids is 1. The Labute approximate surface area is 182 Å². The van der Waals surface area contributed by atoms with Crippen molar-refractivity contribution in [1.29, 1.82) is 0 Å². The summed E-state index contributed by atoms with van der Waals surface area (Å²) in [7, 11) is 0. The van der Waals surface area contributed by atoms with Crippen LogP contribution in [0.3, 0.4) is 0 Å². The van der Waals surface area contributed by atoms with Crippen LogP contribution < -0.4 is 0 Å². The Morgan fingerprint density at radius 1 is 0.935 bits per heavy atom. The molecule has 0 radical (unpaired) electrons. The van der Waals surface area contributed by atoms with Gasteiger partial charge in [0.1, 0.15) is 6.54 Å². The molecule has 0 unspecified atom stereocenters. The number of nitrogens with zero attached hydrogens (tertiary/aromatic N) is 3. The lowest BCUT2D eigenvalue weighted by Crippen LogP contribution is -2.36. The molecule has 1 aromatic heterocycles. The van der Waals surface area contributed by atoms with Gasteiger partial charge in [-0.3, -0.25) is 4.79 Å². The van der Waals surface area contributed by atoms with Crippen LogP contribution in [0.5, 0.6) is 0 Å². The molecule has 31 heavy (non-hydrogen) atoms. The molecule has 0 spiro atoms. The summed E-state index contributed by atoms with van der Waals surface area (Å²) in [6, 6.07) is 25.5. The number of hydrogen-bond donors (Lipinski definition) is 0. The third-order valence-corrected chi connectivity index (χ3v) is 5.18. The van der Waals surface area contributed by atoms with Crippen molar-refractivity contribution in [2.45, 2.75) is 33.4 Å². The summed E-state index contributed by atoms with van der Waals surface area (Å²) in [5, 5.41) is 4.11. The van der Waals surface area contributed by atoms with Crippen LogP contribution in [0.2, 0.25) is 0 Å². The normalized spacial score (nSPS) is 11.0. The van der Waals surface area contributed by atoms with Gasteiger partial charge in [0.25, 0.3) is 5.91 Å². The second-order valence-corrected chi connectivity index (χ2v) is 7.82. The highest BCUT2D eigenvalue weighted by Crippen LogP contribution is 2.26. The number of benzene rings is 3. The molecule has 1 heterocycles. The monoisotopic (exact) mass is 411 g/mol. The van der Waals surface area contributed by atoms with Crippen molar-refractivity contribution in [3.8, 4) is 22.5 Å². The summed E-state index contributed by atoms with van der Waals surface area (Å²) in [5.41, 5.74) is 4.59. The predicted molar refractivity (Wildman–Crippen MR) is 121 cm³/mol. The number of amides is 1. The third-order valence-electron chi connectivity index (χ3n) is 5.18. The maximum Gasteiger partial charge on any atom is 0.255 e. The number of aryl methyl sites for hydroxylation is 1. The topological polar surface area (TPSA) is 59.2 Å². The van der Waals surface area contributed by atoms with Crippen LogP contribution >= 0.6 is 0 Å². The lowest BCUT2D eigenvalue weighted by Gasteiger charge is -2.26. The Morgan fingerprint density at radius 2 is 1.65 bits per heavy atom. The van der Waals surface area contributed by atoms with Gasteiger partial charge in [-0.2, -0.15) is 4.98 Å². The van der Waals surface area contributed by atoms with E-state index in [4.69, 9.17) is 4.52 Å². The minimum absolute atomic E-state index is 0.0364. The molecule has 0 aliphatic carbocycles. The van der Waals surface area contributed by atoms with E-state index in [1.54, 1.807) is 4.90 Å². The van der Waals surface area contributed by atoms with Crippen LogP contribution in [0.4, 0.5) is 0 Å². The summed E-state index contributed by atoms with van der Waals surface area (Å²) in [5.74, 6) is 0.875. The Morgan fingerprint density at radius 3 is 2.39 bits per heavy atom. The zero-order valence-corrected chi connectivity index (χ0v) is 17.9. The molecular formula is C26H25N3O2. The molecule has 0 bridgehead atoms. The first-order chi connectivity index (χ1) is 15.0. The molecular weight excluding hydrogens is 386 g/mol. The summed E-state index contributed by atoms with van der Waals surface area (Å²) in [4.78, 5) is 19.8. The van der Waals surface area contributed by atoms with E-state index >= 15 is 0 Å². The standard InChI is InChI=1S/C26H25N3O2/c1-18(2)29(17-24-27-25(28-31-24)21-13-9-10-19(3)16-21)26(30)23-15-8-7-14-22(23)20-11-5-4-6-12-20/h4-16,18H,17H2,1-3H3. The van der Waals surface area contributed by atoms with Gasteiger partial charge in [-0.25, -0.2) is 0 Å². The van der Waals surface area contributed by atoms with E-state index in [2.05, 4.69) is 10.1 Å². The van der Waals surface area contributed by atoms with E-state index < -0.39 is 0 Å². The highest BCUT2D eigenvalue weighted by atomic mass is 16.5. The van der Waals surface area contributed by atoms with Crippen molar-refractivity contribution in [2.24, 2.45) is 0 Å². The fourth-order valence-electron chi connectivity index (χ4n) is 3.55. The number of aromatic nitrogens is 2. The largest absolute Gasteiger partial charge is 0.337 e. The molecule has 4 rings (SSSR count).